The van der Waals surface area contributed by atoms with Crippen molar-refractivity contribution in [2.45, 2.75) is 32.7 Å². The van der Waals surface area contributed by atoms with Crippen molar-refractivity contribution in [3.05, 3.63) is 47.4 Å². The summed E-state index contributed by atoms with van der Waals surface area (Å²) in [5, 5.41) is 2.99. The number of carbonyl (C=O) groups is 1. The van der Waals surface area contributed by atoms with E-state index >= 15 is 0 Å². The number of hydrogen-bond donors (Lipinski definition) is 1. The minimum atomic E-state index is -3.24. The van der Waals surface area contributed by atoms with Gasteiger partial charge in [-0.1, -0.05) is 6.07 Å². The molecular formula is C18H24N4O3S. The zero-order valence-electron chi connectivity index (χ0n) is 15.3. The Balaban J connectivity index is 1.79. The fourth-order valence-electron chi connectivity index (χ4n) is 3.46. The van der Waals surface area contributed by atoms with Gasteiger partial charge in [0.2, 0.25) is 10.0 Å². The third-order valence-electron chi connectivity index (χ3n) is 4.74. The van der Waals surface area contributed by atoms with E-state index in [2.05, 4.69) is 10.3 Å². The highest BCUT2D eigenvalue weighted by Crippen LogP contribution is 2.20. The maximum Gasteiger partial charge on any atom is 0.253 e. The van der Waals surface area contributed by atoms with Crippen LogP contribution in [0.4, 0.5) is 0 Å². The summed E-state index contributed by atoms with van der Waals surface area (Å²) >= 11 is 0. The first kappa shape index (κ1) is 18.6. The second-order valence-electron chi connectivity index (χ2n) is 6.74. The highest BCUT2D eigenvalue weighted by atomic mass is 32.2. The number of piperidine rings is 1. The van der Waals surface area contributed by atoms with E-state index in [9.17, 15) is 13.2 Å². The molecule has 1 atom stereocenters. The van der Waals surface area contributed by atoms with Crippen LogP contribution in [0.3, 0.4) is 0 Å². The molecule has 0 spiro atoms. The molecule has 3 rings (SSSR count). The van der Waals surface area contributed by atoms with Gasteiger partial charge in [0.05, 0.1) is 11.8 Å². The summed E-state index contributed by atoms with van der Waals surface area (Å²) < 4.78 is 26.9. The maximum atomic E-state index is 12.8. The molecule has 1 aliphatic heterocycles. The fraction of sp³-hybridized carbons (Fsp3) is 0.444. The van der Waals surface area contributed by atoms with E-state index in [1.165, 1.54) is 10.6 Å². The predicted octanol–water partition coefficient (Wildman–Crippen LogP) is 1.64. The lowest BCUT2D eigenvalue weighted by Crippen LogP contribution is -2.49. The van der Waals surface area contributed by atoms with Crippen LogP contribution < -0.4 is 5.32 Å². The summed E-state index contributed by atoms with van der Waals surface area (Å²) in [5.41, 5.74) is 2.33. The third-order valence-corrected chi connectivity index (χ3v) is 6.01. The SMILES string of the molecule is Cc1cc(C(=O)NC2CCCN(S(C)(=O)=O)C2)c(C)n1-c1ccccn1. The molecule has 1 saturated heterocycles. The van der Waals surface area contributed by atoms with Crippen LogP contribution in [0.1, 0.15) is 34.6 Å². The zero-order valence-corrected chi connectivity index (χ0v) is 16.1. The van der Waals surface area contributed by atoms with Gasteiger partial charge in [-0.3, -0.25) is 4.79 Å². The highest BCUT2D eigenvalue weighted by Gasteiger charge is 2.28. The number of pyridine rings is 1. The predicted molar refractivity (Wildman–Crippen MR) is 99.9 cm³/mol. The number of hydrogen-bond acceptors (Lipinski definition) is 4. The lowest BCUT2D eigenvalue weighted by Gasteiger charge is -2.31. The number of nitrogens with zero attached hydrogens (tertiary/aromatic N) is 3. The number of carbonyl (C=O) groups excluding carboxylic acids is 1. The molecule has 2 aromatic heterocycles. The molecule has 140 valence electrons. The van der Waals surface area contributed by atoms with Crippen molar-refractivity contribution in [3.8, 4) is 5.82 Å². The van der Waals surface area contributed by atoms with Gasteiger partial charge in [0.1, 0.15) is 5.82 Å². The summed E-state index contributed by atoms with van der Waals surface area (Å²) in [6, 6.07) is 7.32. The van der Waals surface area contributed by atoms with Crippen molar-refractivity contribution in [2.24, 2.45) is 0 Å². The molecule has 2 aromatic rings. The van der Waals surface area contributed by atoms with Crippen molar-refractivity contribution in [1.82, 2.24) is 19.2 Å². The van der Waals surface area contributed by atoms with E-state index in [1.807, 2.05) is 42.7 Å². The highest BCUT2D eigenvalue weighted by molar-refractivity contribution is 7.88. The molecule has 0 aromatic carbocycles. The summed E-state index contributed by atoms with van der Waals surface area (Å²) in [5.74, 6) is 0.586. The summed E-state index contributed by atoms with van der Waals surface area (Å²) in [6.45, 7) is 4.66. The normalized spacial score (nSPS) is 18.7. The molecule has 3 heterocycles. The first-order chi connectivity index (χ1) is 12.3. The second-order valence-corrected chi connectivity index (χ2v) is 8.72. The van der Waals surface area contributed by atoms with Gasteiger partial charge in [0.15, 0.2) is 0 Å². The molecule has 0 radical (unpaired) electrons. The Morgan fingerprint density at radius 2 is 2.08 bits per heavy atom. The molecule has 1 fully saturated rings. The number of rotatable bonds is 4. The van der Waals surface area contributed by atoms with Gasteiger partial charge in [-0.15, -0.1) is 0 Å². The van der Waals surface area contributed by atoms with E-state index in [-0.39, 0.29) is 11.9 Å². The molecule has 0 bridgehead atoms. The van der Waals surface area contributed by atoms with Gasteiger partial charge >= 0.3 is 0 Å². The molecule has 0 aliphatic carbocycles. The van der Waals surface area contributed by atoms with Gasteiger partial charge in [-0.05, 0) is 44.9 Å². The molecule has 1 N–H and O–H groups in total. The Morgan fingerprint density at radius 1 is 1.31 bits per heavy atom. The van der Waals surface area contributed by atoms with Gasteiger partial charge in [-0.25, -0.2) is 17.7 Å². The fourth-order valence-corrected chi connectivity index (χ4v) is 4.37. The molecule has 7 nitrogen and oxygen atoms in total. The minimum absolute atomic E-state index is 0.177. The van der Waals surface area contributed by atoms with Crippen LogP contribution in [-0.2, 0) is 10.0 Å². The molecule has 0 saturated carbocycles. The summed E-state index contributed by atoms with van der Waals surface area (Å²) in [7, 11) is -3.24. The standard InChI is InChI=1S/C18H24N4O3S/c1-13-11-16(14(2)22(13)17-8-4-5-9-19-17)18(23)20-15-7-6-10-21(12-15)26(3,24)25/h4-5,8-9,11,15H,6-7,10,12H2,1-3H3,(H,20,23). The number of aromatic nitrogens is 2. The van der Waals surface area contributed by atoms with E-state index in [4.69, 9.17) is 0 Å². The van der Waals surface area contributed by atoms with Crippen molar-refractivity contribution in [1.29, 1.82) is 0 Å². The van der Waals surface area contributed by atoms with Crippen LogP contribution in [0.15, 0.2) is 30.5 Å². The molecule has 1 unspecified atom stereocenters. The van der Waals surface area contributed by atoms with Gasteiger partial charge in [0, 0.05) is 36.7 Å². The topological polar surface area (TPSA) is 84.3 Å². The molecule has 8 heteroatoms. The van der Waals surface area contributed by atoms with E-state index in [0.717, 1.165) is 30.0 Å². The van der Waals surface area contributed by atoms with Crippen molar-refractivity contribution in [3.63, 3.8) is 0 Å². The molecule has 1 aliphatic rings. The van der Waals surface area contributed by atoms with Crippen LogP contribution in [0.25, 0.3) is 5.82 Å². The minimum Gasteiger partial charge on any atom is -0.348 e. The Labute approximate surface area is 154 Å². The number of amides is 1. The Kier molecular flexibility index (Phi) is 5.15. The van der Waals surface area contributed by atoms with Crippen molar-refractivity contribution >= 4 is 15.9 Å². The Bertz CT molecular complexity index is 906. The van der Waals surface area contributed by atoms with Crippen molar-refractivity contribution < 1.29 is 13.2 Å². The number of nitrogens with one attached hydrogen (secondary N) is 1. The Morgan fingerprint density at radius 3 is 2.73 bits per heavy atom. The quantitative estimate of drug-likeness (QED) is 0.879. The number of sulfonamides is 1. The first-order valence-electron chi connectivity index (χ1n) is 8.63. The Hall–Kier alpha value is -2.19. The first-order valence-corrected chi connectivity index (χ1v) is 10.5. The van der Waals surface area contributed by atoms with Gasteiger partial charge < -0.3 is 9.88 Å². The van der Waals surface area contributed by atoms with Gasteiger partial charge in [-0.2, -0.15) is 0 Å². The van der Waals surface area contributed by atoms with Crippen LogP contribution in [0.2, 0.25) is 0 Å². The monoisotopic (exact) mass is 376 g/mol. The lowest BCUT2D eigenvalue weighted by molar-refractivity contribution is 0.0921. The molecule has 26 heavy (non-hydrogen) atoms. The van der Waals surface area contributed by atoms with Gasteiger partial charge in [0.25, 0.3) is 5.91 Å². The average molecular weight is 376 g/mol. The second kappa shape index (κ2) is 7.20. The number of aryl methyl sites for hydroxylation is 1. The molecule has 1 amide bonds. The summed E-state index contributed by atoms with van der Waals surface area (Å²) in [4.78, 5) is 17.1. The van der Waals surface area contributed by atoms with Crippen LogP contribution in [-0.4, -0.2) is 53.6 Å². The third kappa shape index (κ3) is 3.81. The molecular weight excluding hydrogens is 352 g/mol. The van der Waals surface area contributed by atoms with E-state index < -0.39 is 10.0 Å². The van der Waals surface area contributed by atoms with Crippen LogP contribution in [0.5, 0.6) is 0 Å². The maximum absolute atomic E-state index is 12.8. The average Bonchev–Trinajstić information content (AvgIpc) is 2.90. The van der Waals surface area contributed by atoms with E-state index in [0.29, 0.717) is 18.7 Å². The zero-order chi connectivity index (χ0) is 18.9. The summed E-state index contributed by atoms with van der Waals surface area (Å²) in [6.07, 6.45) is 4.44. The van der Waals surface area contributed by atoms with E-state index in [1.54, 1.807) is 6.20 Å². The van der Waals surface area contributed by atoms with Crippen molar-refractivity contribution in [2.75, 3.05) is 19.3 Å². The smallest absolute Gasteiger partial charge is 0.253 e. The van der Waals surface area contributed by atoms with Crippen LogP contribution >= 0.6 is 0 Å². The van der Waals surface area contributed by atoms with Crippen LogP contribution in [0, 0.1) is 13.8 Å². The largest absolute Gasteiger partial charge is 0.348 e. The lowest BCUT2D eigenvalue weighted by atomic mass is 10.1.